The summed E-state index contributed by atoms with van der Waals surface area (Å²) in [4.78, 5) is 0. The molecule has 1 atom stereocenters. The van der Waals surface area contributed by atoms with Gasteiger partial charge in [-0.25, -0.2) is 8.78 Å². The van der Waals surface area contributed by atoms with Crippen molar-refractivity contribution >= 4 is 0 Å². The van der Waals surface area contributed by atoms with Crippen LogP contribution in [0.15, 0.2) is 18.2 Å². The molecular weight excluding hydrogens is 216 g/mol. The summed E-state index contributed by atoms with van der Waals surface area (Å²) in [5.74, 6) is -1.21. The molecule has 0 aliphatic heterocycles. The second kappa shape index (κ2) is 6.52. The molecular formula is C11H15F2NO2. The molecule has 1 unspecified atom stereocenters. The number of hydrogen-bond donors (Lipinski definition) is 2. The van der Waals surface area contributed by atoms with Crippen molar-refractivity contribution in [2.75, 3.05) is 20.3 Å². The van der Waals surface area contributed by atoms with Gasteiger partial charge in [0, 0.05) is 19.7 Å². The number of aliphatic hydroxyl groups excluding tert-OH is 1. The zero-order valence-electron chi connectivity index (χ0n) is 9.04. The zero-order valence-corrected chi connectivity index (χ0v) is 9.04. The van der Waals surface area contributed by atoms with Gasteiger partial charge in [0.1, 0.15) is 11.6 Å². The lowest BCUT2D eigenvalue weighted by molar-refractivity contribution is 0.128. The van der Waals surface area contributed by atoms with Crippen molar-refractivity contribution in [3.63, 3.8) is 0 Å². The molecule has 0 saturated heterocycles. The van der Waals surface area contributed by atoms with E-state index in [9.17, 15) is 8.78 Å². The highest BCUT2D eigenvalue weighted by Crippen LogP contribution is 2.07. The van der Waals surface area contributed by atoms with Crippen LogP contribution in [-0.2, 0) is 11.3 Å². The number of aliphatic hydroxyl groups is 1. The van der Waals surface area contributed by atoms with E-state index < -0.39 is 11.6 Å². The van der Waals surface area contributed by atoms with Crippen LogP contribution in [0.25, 0.3) is 0 Å². The molecule has 2 N–H and O–H groups in total. The molecule has 1 aromatic rings. The number of benzene rings is 1. The van der Waals surface area contributed by atoms with E-state index in [-0.39, 0.29) is 19.2 Å². The highest BCUT2D eigenvalue weighted by atomic mass is 19.1. The van der Waals surface area contributed by atoms with Crippen LogP contribution < -0.4 is 5.32 Å². The van der Waals surface area contributed by atoms with Gasteiger partial charge in [0.25, 0.3) is 0 Å². The number of methoxy groups -OCH3 is 1. The number of ether oxygens (including phenoxy) is 1. The van der Waals surface area contributed by atoms with Gasteiger partial charge < -0.3 is 15.2 Å². The highest BCUT2D eigenvalue weighted by molar-refractivity contribution is 5.17. The minimum atomic E-state index is -0.607. The minimum absolute atomic E-state index is 0.0916. The number of nitrogens with one attached hydrogen (secondary N) is 1. The van der Waals surface area contributed by atoms with Crippen molar-refractivity contribution < 1.29 is 18.6 Å². The van der Waals surface area contributed by atoms with Crippen LogP contribution in [0.2, 0.25) is 0 Å². The summed E-state index contributed by atoms with van der Waals surface area (Å²) in [5.41, 5.74) is 0.493. The quantitative estimate of drug-likeness (QED) is 0.769. The maximum atomic E-state index is 12.8. The van der Waals surface area contributed by atoms with E-state index >= 15 is 0 Å². The number of rotatable bonds is 6. The molecule has 0 amide bonds. The van der Waals surface area contributed by atoms with Crippen molar-refractivity contribution in [2.24, 2.45) is 0 Å². The first-order valence-electron chi connectivity index (χ1n) is 4.94. The molecule has 90 valence electrons. The summed E-state index contributed by atoms with van der Waals surface area (Å²) in [6.07, 6.45) is 0. The summed E-state index contributed by atoms with van der Waals surface area (Å²) in [6, 6.07) is 3.08. The standard InChI is InChI=1S/C11H15F2NO2/c1-16-7-11(6-15)14-5-8-2-9(12)4-10(13)3-8/h2-4,11,14-15H,5-7H2,1H3. The van der Waals surface area contributed by atoms with E-state index in [1.165, 1.54) is 19.2 Å². The molecule has 1 rings (SSSR count). The molecule has 1 aromatic carbocycles. The molecule has 0 fully saturated rings. The smallest absolute Gasteiger partial charge is 0.126 e. The zero-order chi connectivity index (χ0) is 12.0. The Morgan fingerprint density at radius 2 is 1.94 bits per heavy atom. The van der Waals surface area contributed by atoms with E-state index in [2.05, 4.69) is 5.32 Å². The van der Waals surface area contributed by atoms with Gasteiger partial charge in [-0.05, 0) is 17.7 Å². The predicted octanol–water partition coefficient (Wildman–Crippen LogP) is 1.06. The third kappa shape index (κ3) is 4.22. The number of hydrogen-bond acceptors (Lipinski definition) is 3. The fraction of sp³-hybridized carbons (Fsp3) is 0.455. The molecule has 0 heterocycles. The van der Waals surface area contributed by atoms with Crippen molar-refractivity contribution in [1.82, 2.24) is 5.32 Å². The lowest BCUT2D eigenvalue weighted by Gasteiger charge is -2.15. The first-order valence-corrected chi connectivity index (χ1v) is 4.94. The van der Waals surface area contributed by atoms with E-state index in [0.29, 0.717) is 12.2 Å². The Labute approximate surface area is 93.0 Å². The Bertz CT molecular complexity index is 314. The summed E-state index contributed by atoms with van der Waals surface area (Å²) < 4.78 is 30.5. The monoisotopic (exact) mass is 231 g/mol. The van der Waals surface area contributed by atoms with Gasteiger partial charge in [-0.1, -0.05) is 0 Å². The van der Waals surface area contributed by atoms with Crippen LogP contribution in [0, 0.1) is 11.6 Å². The second-order valence-corrected chi connectivity index (χ2v) is 3.49. The summed E-state index contributed by atoms with van der Waals surface area (Å²) in [7, 11) is 1.52. The molecule has 0 radical (unpaired) electrons. The van der Waals surface area contributed by atoms with Gasteiger partial charge >= 0.3 is 0 Å². The van der Waals surface area contributed by atoms with Crippen molar-refractivity contribution in [2.45, 2.75) is 12.6 Å². The van der Waals surface area contributed by atoms with Gasteiger partial charge in [0.05, 0.1) is 19.3 Å². The van der Waals surface area contributed by atoms with E-state index in [0.717, 1.165) is 6.07 Å². The second-order valence-electron chi connectivity index (χ2n) is 3.49. The van der Waals surface area contributed by atoms with Gasteiger partial charge in [-0.3, -0.25) is 0 Å². The predicted molar refractivity (Wildman–Crippen MR) is 55.9 cm³/mol. The Hall–Kier alpha value is -1.04. The first kappa shape index (κ1) is 13.0. The lowest BCUT2D eigenvalue weighted by atomic mass is 10.2. The average Bonchev–Trinajstić information content (AvgIpc) is 2.23. The highest BCUT2D eigenvalue weighted by Gasteiger charge is 2.07. The molecule has 0 bridgehead atoms. The van der Waals surface area contributed by atoms with Crippen LogP contribution in [0.4, 0.5) is 8.78 Å². The van der Waals surface area contributed by atoms with Crippen molar-refractivity contribution in [1.29, 1.82) is 0 Å². The Morgan fingerprint density at radius 1 is 1.31 bits per heavy atom. The summed E-state index contributed by atoms with van der Waals surface area (Å²) >= 11 is 0. The third-order valence-electron chi connectivity index (χ3n) is 2.11. The van der Waals surface area contributed by atoms with Gasteiger partial charge in [-0.2, -0.15) is 0 Å². The molecule has 0 aliphatic carbocycles. The molecule has 0 aliphatic rings. The van der Waals surface area contributed by atoms with Crippen molar-refractivity contribution in [3.05, 3.63) is 35.4 Å². The van der Waals surface area contributed by atoms with E-state index in [1.807, 2.05) is 0 Å². The fourth-order valence-corrected chi connectivity index (χ4v) is 1.35. The maximum Gasteiger partial charge on any atom is 0.126 e. The Morgan fingerprint density at radius 3 is 2.44 bits per heavy atom. The van der Waals surface area contributed by atoms with Crippen LogP contribution >= 0.6 is 0 Å². The van der Waals surface area contributed by atoms with Crippen LogP contribution in [-0.4, -0.2) is 31.5 Å². The van der Waals surface area contributed by atoms with Gasteiger partial charge in [0.2, 0.25) is 0 Å². The molecule has 0 spiro atoms. The Kier molecular flexibility index (Phi) is 5.31. The van der Waals surface area contributed by atoms with Crippen molar-refractivity contribution in [3.8, 4) is 0 Å². The molecule has 5 heteroatoms. The SMILES string of the molecule is COCC(CO)NCc1cc(F)cc(F)c1. The topological polar surface area (TPSA) is 41.5 Å². The van der Waals surface area contributed by atoms with Crippen LogP contribution in [0.3, 0.4) is 0 Å². The molecule has 0 saturated carbocycles. The van der Waals surface area contributed by atoms with Crippen LogP contribution in [0.1, 0.15) is 5.56 Å². The van der Waals surface area contributed by atoms with Gasteiger partial charge in [0.15, 0.2) is 0 Å². The summed E-state index contributed by atoms with van der Waals surface area (Å²) in [6.45, 7) is 0.531. The lowest BCUT2D eigenvalue weighted by Crippen LogP contribution is -2.35. The van der Waals surface area contributed by atoms with E-state index in [1.54, 1.807) is 0 Å². The minimum Gasteiger partial charge on any atom is -0.395 e. The third-order valence-corrected chi connectivity index (χ3v) is 2.11. The molecule has 3 nitrogen and oxygen atoms in total. The average molecular weight is 231 g/mol. The molecule has 0 aromatic heterocycles. The largest absolute Gasteiger partial charge is 0.395 e. The van der Waals surface area contributed by atoms with Crippen LogP contribution in [0.5, 0.6) is 0 Å². The fourth-order valence-electron chi connectivity index (χ4n) is 1.35. The van der Waals surface area contributed by atoms with E-state index in [4.69, 9.17) is 9.84 Å². The number of halogens is 2. The maximum absolute atomic E-state index is 12.8. The normalized spacial score (nSPS) is 12.8. The Balaban J connectivity index is 2.52. The summed E-state index contributed by atoms with van der Waals surface area (Å²) in [5, 5.41) is 11.9. The molecule has 16 heavy (non-hydrogen) atoms. The first-order chi connectivity index (χ1) is 7.65. The van der Waals surface area contributed by atoms with Gasteiger partial charge in [-0.15, -0.1) is 0 Å².